The van der Waals surface area contributed by atoms with Crippen molar-refractivity contribution in [3.63, 3.8) is 0 Å². The topological polar surface area (TPSA) is 175 Å². The van der Waals surface area contributed by atoms with Crippen LogP contribution in [0.25, 0.3) is 0 Å². The number of carbonyl (C=O) groups excluding carboxylic acids is 2. The van der Waals surface area contributed by atoms with Gasteiger partial charge in [-0.2, -0.15) is 0 Å². The fraction of sp³-hybridized carbons (Fsp3) is 0.839. The summed E-state index contributed by atoms with van der Waals surface area (Å²) in [5.74, 6) is -0.224. The Kier molecular flexibility index (Phi) is 48.6. The number of carbonyl (C=O) groups is 2. The first-order chi connectivity index (χ1) is 35.7. The second-order valence-corrected chi connectivity index (χ2v) is 21.0. The summed E-state index contributed by atoms with van der Waals surface area (Å²) in [5.41, 5.74) is 0. The zero-order valence-electron chi connectivity index (χ0n) is 46.8. The molecule has 0 saturated carbocycles. The third-order valence-corrected chi connectivity index (χ3v) is 14.2. The lowest BCUT2D eigenvalue weighted by Crippen LogP contribution is -2.60. The van der Waals surface area contributed by atoms with Crippen LogP contribution in [0.5, 0.6) is 0 Å². The number of hydrogen-bond acceptors (Lipinski definition) is 10. The van der Waals surface area contributed by atoms with Crippen LogP contribution in [-0.2, 0) is 23.8 Å². The number of aliphatic hydroxyl groups excluding tert-OH is 5. The summed E-state index contributed by atoms with van der Waals surface area (Å²) < 4.78 is 16.7. The normalized spacial score (nSPS) is 19.2. The lowest BCUT2D eigenvalue weighted by Gasteiger charge is -2.40. The monoisotopic (exact) mass is 1030 g/mol. The van der Waals surface area contributed by atoms with Crippen molar-refractivity contribution >= 4 is 11.9 Å². The van der Waals surface area contributed by atoms with Gasteiger partial charge in [0.05, 0.1) is 32.0 Å². The molecule has 1 heterocycles. The van der Waals surface area contributed by atoms with E-state index in [4.69, 9.17) is 14.2 Å². The maximum Gasteiger partial charge on any atom is 0.305 e. The molecule has 1 rings (SSSR count). The zero-order valence-corrected chi connectivity index (χ0v) is 46.8. The highest BCUT2D eigenvalue weighted by molar-refractivity contribution is 5.76. The standard InChI is InChI=1S/C62H113NO10/c1-3-5-7-9-11-13-14-15-16-17-21-24-27-30-34-38-42-46-50-58(67)71-51-47-43-39-35-31-28-25-22-19-18-20-23-26-29-33-37-41-45-49-57(66)63-54(55(65)48-44-40-36-32-12-10-8-6-4-2)53-72-62-61(70)60(69)59(68)56(52-64)73-62/h4,6,12,20,23,32,44,48,54-56,59-62,64-65,68-70H,3,5,7-11,13-19,21-22,24-31,33-43,45-47,49-53H2,1-2H3,(H,63,66)/b6-4+,23-20-,32-12+,48-44+. The van der Waals surface area contributed by atoms with E-state index in [-0.39, 0.29) is 18.5 Å². The van der Waals surface area contributed by atoms with Crippen LogP contribution in [0.3, 0.4) is 0 Å². The Hall–Kier alpha value is -2.38. The van der Waals surface area contributed by atoms with E-state index in [1.54, 1.807) is 6.08 Å². The quantitative estimate of drug-likeness (QED) is 0.0195. The molecule has 426 valence electrons. The van der Waals surface area contributed by atoms with Crippen LogP contribution in [0.2, 0.25) is 0 Å². The van der Waals surface area contributed by atoms with Gasteiger partial charge in [0.15, 0.2) is 6.29 Å². The Morgan fingerprint density at radius 2 is 0.945 bits per heavy atom. The second-order valence-electron chi connectivity index (χ2n) is 21.0. The fourth-order valence-corrected chi connectivity index (χ4v) is 9.41. The van der Waals surface area contributed by atoms with Crippen LogP contribution in [0.1, 0.15) is 271 Å². The summed E-state index contributed by atoms with van der Waals surface area (Å²) in [6, 6.07) is -0.844. The summed E-state index contributed by atoms with van der Waals surface area (Å²) in [7, 11) is 0. The molecule has 7 atom stereocenters. The van der Waals surface area contributed by atoms with Gasteiger partial charge < -0.3 is 45.1 Å². The van der Waals surface area contributed by atoms with E-state index >= 15 is 0 Å². The number of allylic oxidation sites excluding steroid dienone is 7. The van der Waals surface area contributed by atoms with Gasteiger partial charge in [-0.25, -0.2) is 0 Å². The van der Waals surface area contributed by atoms with Gasteiger partial charge in [-0.3, -0.25) is 9.59 Å². The maximum absolute atomic E-state index is 13.0. The molecule has 73 heavy (non-hydrogen) atoms. The summed E-state index contributed by atoms with van der Waals surface area (Å²) in [6.07, 6.45) is 55.3. The van der Waals surface area contributed by atoms with E-state index in [0.717, 1.165) is 89.9 Å². The van der Waals surface area contributed by atoms with Crippen LogP contribution in [0, 0.1) is 0 Å². The number of unbranched alkanes of at least 4 members (excludes halogenated alkanes) is 33. The van der Waals surface area contributed by atoms with E-state index in [2.05, 4.69) is 42.6 Å². The van der Waals surface area contributed by atoms with Crippen molar-refractivity contribution < 1.29 is 49.3 Å². The Bertz CT molecular complexity index is 1350. The Labute approximate surface area is 446 Å². The van der Waals surface area contributed by atoms with Gasteiger partial charge in [0, 0.05) is 12.8 Å². The molecule has 1 fully saturated rings. The van der Waals surface area contributed by atoms with Crippen molar-refractivity contribution in [1.82, 2.24) is 5.32 Å². The van der Waals surface area contributed by atoms with E-state index in [9.17, 15) is 35.1 Å². The van der Waals surface area contributed by atoms with Crippen molar-refractivity contribution in [2.24, 2.45) is 0 Å². The predicted molar refractivity (Wildman–Crippen MR) is 301 cm³/mol. The molecule has 1 aliphatic rings. The molecule has 1 saturated heterocycles. The van der Waals surface area contributed by atoms with Gasteiger partial charge in [0.1, 0.15) is 24.4 Å². The van der Waals surface area contributed by atoms with Crippen molar-refractivity contribution in [2.75, 3.05) is 19.8 Å². The largest absolute Gasteiger partial charge is 0.466 e. The Balaban J connectivity index is 2.01. The molecule has 0 aliphatic carbocycles. The lowest BCUT2D eigenvalue weighted by atomic mass is 9.99. The van der Waals surface area contributed by atoms with Gasteiger partial charge in [-0.15, -0.1) is 0 Å². The van der Waals surface area contributed by atoms with Gasteiger partial charge >= 0.3 is 5.97 Å². The molecule has 1 amide bonds. The summed E-state index contributed by atoms with van der Waals surface area (Å²) >= 11 is 0. The van der Waals surface area contributed by atoms with Gasteiger partial charge in [0.2, 0.25) is 5.91 Å². The molecule has 0 aromatic carbocycles. The predicted octanol–water partition coefficient (Wildman–Crippen LogP) is 14.1. The van der Waals surface area contributed by atoms with Crippen LogP contribution in [0.4, 0.5) is 0 Å². The van der Waals surface area contributed by atoms with E-state index in [1.807, 2.05) is 19.1 Å². The summed E-state index contributed by atoms with van der Waals surface area (Å²) in [6.45, 7) is 4.07. The molecule has 1 aliphatic heterocycles. The fourth-order valence-electron chi connectivity index (χ4n) is 9.41. The van der Waals surface area contributed by atoms with Crippen molar-refractivity contribution in [3.05, 3.63) is 48.6 Å². The molecular weight excluding hydrogens is 919 g/mol. The Morgan fingerprint density at radius 1 is 0.521 bits per heavy atom. The van der Waals surface area contributed by atoms with Crippen LogP contribution >= 0.6 is 0 Å². The number of rotatable bonds is 52. The third-order valence-electron chi connectivity index (χ3n) is 14.2. The zero-order chi connectivity index (χ0) is 53.1. The number of ether oxygens (including phenoxy) is 3. The van der Waals surface area contributed by atoms with Crippen molar-refractivity contribution in [1.29, 1.82) is 0 Å². The molecule has 0 radical (unpaired) electrons. The summed E-state index contributed by atoms with van der Waals surface area (Å²) in [4.78, 5) is 25.1. The number of hydrogen-bond donors (Lipinski definition) is 6. The molecule has 6 N–H and O–H groups in total. The molecule has 7 unspecified atom stereocenters. The Morgan fingerprint density at radius 3 is 1.44 bits per heavy atom. The highest BCUT2D eigenvalue weighted by atomic mass is 16.7. The highest BCUT2D eigenvalue weighted by Crippen LogP contribution is 2.23. The van der Waals surface area contributed by atoms with E-state index in [1.165, 1.54) is 148 Å². The van der Waals surface area contributed by atoms with Crippen LogP contribution < -0.4 is 5.32 Å². The van der Waals surface area contributed by atoms with Gasteiger partial charge in [-0.05, 0) is 77.6 Å². The van der Waals surface area contributed by atoms with E-state index < -0.39 is 49.5 Å². The first-order valence-electron chi connectivity index (χ1n) is 30.4. The van der Waals surface area contributed by atoms with Gasteiger partial charge in [-0.1, -0.05) is 229 Å². The molecular formula is C62H113NO10. The molecule has 0 spiro atoms. The van der Waals surface area contributed by atoms with Crippen LogP contribution in [-0.4, -0.2) is 100 Å². The number of nitrogens with one attached hydrogen (secondary N) is 1. The maximum atomic E-state index is 13.0. The lowest BCUT2D eigenvalue weighted by molar-refractivity contribution is -0.302. The minimum atomic E-state index is -1.58. The smallest absolute Gasteiger partial charge is 0.305 e. The first kappa shape index (κ1) is 68.6. The molecule has 0 aromatic heterocycles. The minimum Gasteiger partial charge on any atom is -0.466 e. The highest BCUT2D eigenvalue weighted by Gasteiger charge is 2.44. The number of amides is 1. The SMILES string of the molecule is C/C=C/CC/C=C/CC/C=C/C(O)C(COC1OC(CO)C(O)C(O)C1O)NC(=O)CCCCCCC/C=C\CCCCCCCCCCCOC(=O)CCCCCCCCCCCCCCCCCCCC. The molecule has 0 bridgehead atoms. The number of esters is 1. The van der Waals surface area contributed by atoms with E-state index in [0.29, 0.717) is 25.9 Å². The second kappa shape index (κ2) is 51.7. The average molecular weight is 1030 g/mol. The van der Waals surface area contributed by atoms with Crippen LogP contribution in [0.15, 0.2) is 48.6 Å². The molecule has 0 aromatic rings. The molecule has 11 heteroatoms. The minimum absolute atomic E-state index is 0.0102. The van der Waals surface area contributed by atoms with Crippen molar-refractivity contribution in [2.45, 2.75) is 314 Å². The third kappa shape index (κ3) is 41.5. The number of aliphatic hydroxyl groups is 5. The van der Waals surface area contributed by atoms with Crippen molar-refractivity contribution in [3.8, 4) is 0 Å². The summed E-state index contributed by atoms with van der Waals surface area (Å²) in [5, 5.41) is 54.1. The average Bonchev–Trinajstić information content (AvgIpc) is 3.39. The molecule has 11 nitrogen and oxygen atoms in total. The van der Waals surface area contributed by atoms with Gasteiger partial charge in [0.25, 0.3) is 0 Å². The first-order valence-corrected chi connectivity index (χ1v) is 30.4.